The first-order valence-corrected chi connectivity index (χ1v) is 11.4. The van der Waals surface area contributed by atoms with Gasteiger partial charge in [-0.2, -0.15) is 5.10 Å². The van der Waals surface area contributed by atoms with Gasteiger partial charge in [0, 0.05) is 17.2 Å². The van der Waals surface area contributed by atoms with Gasteiger partial charge in [-0.15, -0.1) is 11.3 Å². The van der Waals surface area contributed by atoms with Crippen LogP contribution in [0.2, 0.25) is 0 Å². The second kappa shape index (κ2) is 8.30. The van der Waals surface area contributed by atoms with Gasteiger partial charge in [-0.3, -0.25) is 5.43 Å². The topological polar surface area (TPSA) is 82.9 Å². The summed E-state index contributed by atoms with van der Waals surface area (Å²) < 4.78 is 38.3. The lowest BCUT2D eigenvalue weighted by Gasteiger charge is -2.13. The van der Waals surface area contributed by atoms with E-state index in [1.807, 2.05) is 12.1 Å². The largest absolute Gasteiger partial charge is 0.255 e. The Balaban J connectivity index is 1.62. The maximum absolute atomic E-state index is 13.6. The maximum Gasteiger partial charge on any atom is 0.208 e. The van der Waals surface area contributed by atoms with Gasteiger partial charge in [0.05, 0.1) is 16.8 Å². The van der Waals surface area contributed by atoms with Crippen molar-refractivity contribution in [1.82, 2.24) is 10.1 Å². The second-order valence-corrected chi connectivity index (χ2v) is 9.48. The van der Waals surface area contributed by atoms with Gasteiger partial charge in [0.15, 0.2) is 5.17 Å². The fourth-order valence-corrected chi connectivity index (χ4v) is 4.50. The molecule has 0 saturated heterocycles. The highest BCUT2D eigenvalue weighted by Crippen LogP contribution is 2.24. The number of halogens is 1. The zero-order valence-corrected chi connectivity index (χ0v) is 16.3. The Morgan fingerprint density at radius 2 is 2.12 bits per heavy atom. The monoisotopic (exact) mass is 412 g/mol. The smallest absolute Gasteiger partial charge is 0.208 e. The van der Waals surface area contributed by atoms with Gasteiger partial charge in [-0.1, -0.05) is 23.9 Å². The maximum atomic E-state index is 13.6. The molecule has 2 aromatic rings. The minimum absolute atomic E-state index is 0.276. The van der Waals surface area contributed by atoms with Crippen LogP contribution in [0, 0.1) is 5.82 Å². The van der Waals surface area contributed by atoms with Gasteiger partial charge < -0.3 is 0 Å². The third-order valence-electron chi connectivity index (χ3n) is 3.39. The Morgan fingerprint density at radius 1 is 1.31 bits per heavy atom. The number of benzene rings is 1. The molecule has 1 aromatic heterocycles. The summed E-state index contributed by atoms with van der Waals surface area (Å²) in [5, 5.41) is 4.88. The molecule has 1 aliphatic rings. The second-order valence-electron chi connectivity index (χ2n) is 5.51. The van der Waals surface area contributed by atoms with Crippen LogP contribution in [0.4, 0.5) is 10.1 Å². The van der Waals surface area contributed by atoms with E-state index in [0.717, 1.165) is 21.7 Å². The van der Waals surface area contributed by atoms with Crippen LogP contribution in [0.15, 0.2) is 46.5 Å². The van der Waals surface area contributed by atoms with Crippen molar-refractivity contribution in [3.63, 3.8) is 0 Å². The molecule has 0 unspecified atom stereocenters. The minimum Gasteiger partial charge on any atom is -0.255 e. The number of thioether (sulfide) groups is 1. The Bertz CT molecular complexity index is 954. The molecule has 10 heteroatoms. The van der Waals surface area contributed by atoms with Crippen molar-refractivity contribution < 1.29 is 12.8 Å². The zero-order chi connectivity index (χ0) is 18.6. The van der Waals surface area contributed by atoms with E-state index in [2.05, 4.69) is 20.2 Å². The number of rotatable bonds is 6. The van der Waals surface area contributed by atoms with E-state index in [1.54, 1.807) is 29.5 Å². The standard InChI is InChI=1S/C16H17FN4O2S3/c1-26(22,23)18-9-8-11-6-7-15(25-11)14-10-24-16(21-20-14)19-13-5-3-2-4-12(13)17/h2-7,18H,8-10H2,1H3,(H,19,21). The average molecular weight is 413 g/mol. The van der Waals surface area contributed by atoms with E-state index in [-0.39, 0.29) is 11.5 Å². The van der Waals surface area contributed by atoms with Crippen molar-refractivity contribution in [3.05, 3.63) is 52.0 Å². The quantitative estimate of drug-likeness (QED) is 0.764. The van der Waals surface area contributed by atoms with Gasteiger partial charge in [0.2, 0.25) is 10.0 Å². The van der Waals surface area contributed by atoms with Crippen LogP contribution >= 0.6 is 23.1 Å². The molecule has 0 fully saturated rings. The normalized spacial score (nSPS) is 16.4. The molecule has 3 rings (SSSR count). The lowest BCUT2D eigenvalue weighted by atomic mass is 10.3. The molecule has 26 heavy (non-hydrogen) atoms. The van der Waals surface area contributed by atoms with E-state index in [9.17, 15) is 12.8 Å². The van der Waals surface area contributed by atoms with Crippen LogP contribution < -0.4 is 10.1 Å². The van der Waals surface area contributed by atoms with Crippen LogP contribution in [-0.4, -0.2) is 37.9 Å². The molecule has 6 nitrogen and oxygen atoms in total. The molecule has 0 spiro atoms. The summed E-state index contributed by atoms with van der Waals surface area (Å²) in [5.74, 6) is 0.254. The third-order valence-corrected chi connectivity index (χ3v) is 6.18. The van der Waals surface area contributed by atoms with E-state index in [4.69, 9.17) is 0 Å². The van der Waals surface area contributed by atoms with Crippen molar-refractivity contribution in [2.75, 3.05) is 18.6 Å². The van der Waals surface area contributed by atoms with E-state index < -0.39 is 10.0 Å². The van der Waals surface area contributed by atoms with Gasteiger partial charge in [-0.25, -0.2) is 22.5 Å². The predicted molar refractivity (Wildman–Crippen MR) is 106 cm³/mol. The number of aliphatic imine (C=N–C) groups is 1. The summed E-state index contributed by atoms with van der Waals surface area (Å²) in [6, 6.07) is 10.3. The van der Waals surface area contributed by atoms with Crippen LogP contribution in [-0.2, 0) is 16.4 Å². The highest BCUT2D eigenvalue weighted by atomic mass is 32.2. The number of hydrogen-bond acceptors (Lipinski definition) is 6. The number of nitrogens with one attached hydrogen (secondary N) is 2. The number of thiophene rings is 1. The molecule has 2 heterocycles. The Kier molecular flexibility index (Phi) is 6.07. The highest BCUT2D eigenvalue weighted by Gasteiger charge is 2.15. The number of sulfonamides is 1. The molecule has 1 aliphatic heterocycles. The van der Waals surface area contributed by atoms with Crippen LogP contribution in [0.5, 0.6) is 0 Å². The number of nitrogens with zero attached hydrogens (tertiary/aromatic N) is 2. The first-order valence-electron chi connectivity index (χ1n) is 7.73. The highest BCUT2D eigenvalue weighted by molar-refractivity contribution is 8.14. The van der Waals surface area contributed by atoms with Crippen LogP contribution in [0.3, 0.4) is 0 Å². The first kappa shape index (κ1) is 19.0. The zero-order valence-electron chi connectivity index (χ0n) is 13.9. The first-order chi connectivity index (χ1) is 12.4. The van der Waals surface area contributed by atoms with E-state index >= 15 is 0 Å². The molecule has 0 radical (unpaired) electrons. The van der Waals surface area contributed by atoms with Gasteiger partial charge in [0.1, 0.15) is 11.5 Å². The van der Waals surface area contributed by atoms with Crippen molar-refractivity contribution in [2.45, 2.75) is 6.42 Å². The molecule has 138 valence electrons. The molecule has 0 bridgehead atoms. The van der Waals surface area contributed by atoms with E-state index in [1.165, 1.54) is 17.8 Å². The number of para-hydroxylation sites is 1. The summed E-state index contributed by atoms with van der Waals surface area (Å²) in [7, 11) is -3.17. The molecule has 2 N–H and O–H groups in total. The summed E-state index contributed by atoms with van der Waals surface area (Å²) in [5.41, 5.74) is 4.02. The van der Waals surface area contributed by atoms with Crippen LogP contribution in [0.25, 0.3) is 0 Å². The Labute approximate surface area is 159 Å². The molecule has 0 atom stereocenters. The summed E-state index contributed by atoms with van der Waals surface area (Å²) in [4.78, 5) is 6.34. The fraction of sp³-hybridized carbons (Fsp3) is 0.250. The van der Waals surface area contributed by atoms with Crippen molar-refractivity contribution in [3.8, 4) is 0 Å². The summed E-state index contributed by atoms with van der Waals surface area (Å²) >= 11 is 3.04. The third kappa shape index (κ3) is 5.37. The van der Waals surface area contributed by atoms with Crippen molar-refractivity contribution in [1.29, 1.82) is 0 Å². The predicted octanol–water partition coefficient (Wildman–Crippen LogP) is 2.71. The van der Waals surface area contributed by atoms with Crippen LogP contribution in [0.1, 0.15) is 9.75 Å². The van der Waals surface area contributed by atoms with Crippen molar-refractivity contribution >= 4 is 49.7 Å². The average Bonchev–Trinajstić information content (AvgIpc) is 3.05. The number of amidine groups is 1. The lowest BCUT2D eigenvalue weighted by molar-refractivity contribution is 0.588. The number of hydrogen-bond donors (Lipinski definition) is 2. The molecule has 0 amide bonds. The van der Waals surface area contributed by atoms with Gasteiger partial charge in [0.25, 0.3) is 0 Å². The summed E-state index contributed by atoms with van der Waals surface area (Å²) in [6.07, 6.45) is 1.78. The van der Waals surface area contributed by atoms with Crippen molar-refractivity contribution in [2.24, 2.45) is 10.1 Å². The molecule has 0 aliphatic carbocycles. The van der Waals surface area contributed by atoms with E-state index in [0.29, 0.717) is 23.9 Å². The summed E-state index contributed by atoms with van der Waals surface area (Å²) in [6.45, 7) is 0.373. The number of hydrazone groups is 1. The molecule has 0 saturated carbocycles. The van der Waals surface area contributed by atoms with Gasteiger partial charge in [-0.05, 0) is 30.7 Å². The fourth-order valence-electron chi connectivity index (χ4n) is 2.18. The molecular formula is C16H17FN4O2S3. The Morgan fingerprint density at radius 3 is 2.81 bits per heavy atom. The molecular weight excluding hydrogens is 395 g/mol. The lowest BCUT2D eigenvalue weighted by Crippen LogP contribution is -2.24. The SMILES string of the molecule is CS(=O)(=O)NCCc1ccc(C2=NNC(=Nc3ccccc3F)SC2)s1. The minimum atomic E-state index is -3.17. The Hall–Kier alpha value is -1.75. The van der Waals surface area contributed by atoms with Gasteiger partial charge >= 0.3 is 0 Å². The molecule has 1 aromatic carbocycles.